The fourth-order valence-electron chi connectivity index (χ4n) is 1.73. The molecular weight excluding hydrogens is 356 g/mol. The van der Waals surface area contributed by atoms with Crippen LogP contribution in [0.1, 0.15) is 37.0 Å². The van der Waals surface area contributed by atoms with E-state index in [9.17, 15) is 13.2 Å². The summed E-state index contributed by atoms with van der Waals surface area (Å²) in [6, 6.07) is 4.53. The van der Waals surface area contributed by atoms with Crippen molar-refractivity contribution in [2.24, 2.45) is 5.92 Å². The maximum atomic E-state index is 12.2. The van der Waals surface area contributed by atoms with E-state index in [2.05, 4.69) is 26.0 Å². The third-order valence-electron chi connectivity index (χ3n) is 3.06. The zero-order chi connectivity index (χ0) is 15.6. The minimum Gasteiger partial charge on any atom is -0.352 e. The lowest BCUT2D eigenvalue weighted by Crippen LogP contribution is -2.29. The van der Waals surface area contributed by atoms with Crippen LogP contribution in [0.5, 0.6) is 0 Å². The summed E-state index contributed by atoms with van der Waals surface area (Å²) in [4.78, 5) is 12.2. The Bertz CT molecular complexity index is 640. The van der Waals surface area contributed by atoms with Gasteiger partial charge in [-0.3, -0.25) is 4.79 Å². The SMILES string of the molecule is CC(C)CNC(=O)c1cc(S(=O)(=O)NC2CC2)ccc1Br. The third-order valence-corrected chi connectivity index (χ3v) is 5.27. The van der Waals surface area contributed by atoms with E-state index in [1.54, 1.807) is 6.07 Å². The molecule has 1 fully saturated rings. The molecule has 0 spiro atoms. The summed E-state index contributed by atoms with van der Waals surface area (Å²) in [5.74, 6) is 0.0511. The number of benzene rings is 1. The number of carbonyl (C=O) groups is 1. The van der Waals surface area contributed by atoms with Gasteiger partial charge in [0.1, 0.15) is 0 Å². The van der Waals surface area contributed by atoms with Crippen LogP contribution in [-0.2, 0) is 10.0 Å². The molecule has 7 heteroatoms. The Morgan fingerprint density at radius 1 is 1.38 bits per heavy atom. The first-order chi connectivity index (χ1) is 9.79. The zero-order valence-electron chi connectivity index (χ0n) is 12.0. The van der Waals surface area contributed by atoms with Gasteiger partial charge in [-0.2, -0.15) is 0 Å². The minimum atomic E-state index is -3.55. The van der Waals surface area contributed by atoms with E-state index in [1.807, 2.05) is 13.8 Å². The Balaban J connectivity index is 2.22. The van der Waals surface area contributed by atoms with Crippen molar-refractivity contribution in [3.05, 3.63) is 28.2 Å². The van der Waals surface area contributed by atoms with Gasteiger partial charge in [0, 0.05) is 17.1 Å². The molecule has 1 aliphatic rings. The van der Waals surface area contributed by atoms with Crippen molar-refractivity contribution in [3.8, 4) is 0 Å². The van der Waals surface area contributed by atoms with Gasteiger partial charge in [-0.25, -0.2) is 13.1 Å². The highest BCUT2D eigenvalue weighted by atomic mass is 79.9. The van der Waals surface area contributed by atoms with Crippen LogP contribution in [-0.4, -0.2) is 26.9 Å². The Morgan fingerprint density at radius 3 is 2.62 bits per heavy atom. The van der Waals surface area contributed by atoms with Crippen LogP contribution in [0, 0.1) is 5.92 Å². The van der Waals surface area contributed by atoms with Crippen LogP contribution in [0.2, 0.25) is 0 Å². The summed E-state index contributed by atoms with van der Waals surface area (Å²) in [6.07, 6.45) is 1.75. The van der Waals surface area contributed by atoms with E-state index >= 15 is 0 Å². The molecule has 0 unspecified atom stereocenters. The van der Waals surface area contributed by atoms with Gasteiger partial charge in [0.05, 0.1) is 10.5 Å². The molecule has 116 valence electrons. The number of halogens is 1. The molecule has 0 heterocycles. The van der Waals surface area contributed by atoms with Crippen molar-refractivity contribution in [2.45, 2.75) is 37.6 Å². The van der Waals surface area contributed by atoms with Crippen molar-refractivity contribution in [2.75, 3.05) is 6.54 Å². The molecule has 0 aromatic heterocycles. The second kappa shape index (κ2) is 6.46. The molecule has 1 aromatic rings. The van der Waals surface area contributed by atoms with Crippen LogP contribution in [0.3, 0.4) is 0 Å². The van der Waals surface area contributed by atoms with Gasteiger partial charge in [0.2, 0.25) is 10.0 Å². The van der Waals surface area contributed by atoms with Gasteiger partial charge in [-0.05, 0) is 52.9 Å². The summed E-state index contributed by atoms with van der Waals surface area (Å²) < 4.78 is 27.5. The Hall–Kier alpha value is -0.920. The number of rotatable bonds is 6. The quantitative estimate of drug-likeness (QED) is 0.801. The van der Waals surface area contributed by atoms with E-state index in [0.717, 1.165) is 12.8 Å². The molecule has 1 aromatic carbocycles. The standard InChI is InChI=1S/C14H19BrN2O3S/c1-9(2)8-16-14(18)12-7-11(5-6-13(12)15)21(19,20)17-10-3-4-10/h5-7,9-10,17H,3-4,8H2,1-2H3,(H,16,18). The third kappa shape index (κ3) is 4.52. The van der Waals surface area contributed by atoms with Crippen LogP contribution < -0.4 is 10.0 Å². The van der Waals surface area contributed by atoms with Crippen molar-refractivity contribution < 1.29 is 13.2 Å². The predicted octanol–water partition coefficient (Wildman–Crippen LogP) is 2.28. The van der Waals surface area contributed by atoms with Gasteiger partial charge >= 0.3 is 0 Å². The zero-order valence-corrected chi connectivity index (χ0v) is 14.4. The highest BCUT2D eigenvalue weighted by molar-refractivity contribution is 9.10. The van der Waals surface area contributed by atoms with Crippen LogP contribution in [0.4, 0.5) is 0 Å². The second-order valence-electron chi connectivity index (χ2n) is 5.64. The van der Waals surface area contributed by atoms with E-state index in [1.165, 1.54) is 12.1 Å². The molecule has 0 bridgehead atoms. The Morgan fingerprint density at radius 2 is 2.05 bits per heavy atom. The maximum absolute atomic E-state index is 12.2. The first-order valence-corrected chi connectivity index (χ1v) is 9.17. The van der Waals surface area contributed by atoms with E-state index in [-0.39, 0.29) is 16.8 Å². The number of carbonyl (C=O) groups excluding carboxylic acids is 1. The average Bonchev–Trinajstić information content (AvgIpc) is 3.19. The Labute approximate surface area is 133 Å². The lowest BCUT2D eigenvalue weighted by atomic mass is 10.2. The summed E-state index contributed by atoms with van der Waals surface area (Å²) in [5, 5.41) is 2.79. The summed E-state index contributed by atoms with van der Waals surface area (Å²) >= 11 is 3.29. The monoisotopic (exact) mass is 374 g/mol. The lowest BCUT2D eigenvalue weighted by Gasteiger charge is -2.11. The Kier molecular flexibility index (Phi) is 5.06. The second-order valence-corrected chi connectivity index (χ2v) is 8.21. The smallest absolute Gasteiger partial charge is 0.252 e. The molecule has 0 saturated heterocycles. The topological polar surface area (TPSA) is 75.3 Å². The highest BCUT2D eigenvalue weighted by Crippen LogP contribution is 2.25. The highest BCUT2D eigenvalue weighted by Gasteiger charge is 2.28. The van der Waals surface area contributed by atoms with Crippen LogP contribution in [0.25, 0.3) is 0 Å². The van der Waals surface area contributed by atoms with Crippen molar-refractivity contribution in [3.63, 3.8) is 0 Å². The van der Waals surface area contributed by atoms with E-state index in [4.69, 9.17) is 0 Å². The van der Waals surface area contributed by atoms with Gasteiger partial charge in [-0.1, -0.05) is 13.8 Å². The normalized spacial score (nSPS) is 15.2. The van der Waals surface area contributed by atoms with Gasteiger partial charge in [0.15, 0.2) is 0 Å². The number of nitrogens with one attached hydrogen (secondary N) is 2. The molecule has 0 aliphatic heterocycles. The number of hydrogen-bond acceptors (Lipinski definition) is 3. The molecule has 1 aliphatic carbocycles. The molecule has 2 N–H and O–H groups in total. The van der Waals surface area contributed by atoms with Gasteiger partial charge in [-0.15, -0.1) is 0 Å². The summed E-state index contributed by atoms with van der Waals surface area (Å²) in [7, 11) is -3.55. The first-order valence-electron chi connectivity index (χ1n) is 6.89. The largest absolute Gasteiger partial charge is 0.352 e. The van der Waals surface area contributed by atoms with Crippen LogP contribution >= 0.6 is 15.9 Å². The van der Waals surface area contributed by atoms with E-state index in [0.29, 0.717) is 22.5 Å². The molecule has 0 atom stereocenters. The fraction of sp³-hybridized carbons (Fsp3) is 0.500. The predicted molar refractivity (Wildman–Crippen MR) is 84.7 cm³/mol. The lowest BCUT2D eigenvalue weighted by molar-refractivity contribution is 0.0948. The molecule has 1 amide bonds. The number of amides is 1. The van der Waals surface area contributed by atoms with E-state index < -0.39 is 10.0 Å². The summed E-state index contributed by atoms with van der Waals surface area (Å²) in [6.45, 7) is 4.54. The molecule has 5 nitrogen and oxygen atoms in total. The van der Waals surface area contributed by atoms with Crippen LogP contribution in [0.15, 0.2) is 27.6 Å². The first kappa shape index (κ1) is 16.5. The number of sulfonamides is 1. The molecule has 2 rings (SSSR count). The van der Waals surface area contributed by atoms with Crippen molar-refractivity contribution >= 4 is 31.9 Å². The van der Waals surface area contributed by atoms with Gasteiger partial charge in [0.25, 0.3) is 5.91 Å². The molecule has 0 radical (unpaired) electrons. The maximum Gasteiger partial charge on any atom is 0.252 e. The number of hydrogen-bond donors (Lipinski definition) is 2. The summed E-state index contributed by atoms with van der Waals surface area (Å²) in [5.41, 5.74) is 0.328. The average molecular weight is 375 g/mol. The van der Waals surface area contributed by atoms with Crippen molar-refractivity contribution in [1.29, 1.82) is 0 Å². The minimum absolute atomic E-state index is 0.0388. The fourth-order valence-corrected chi connectivity index (χ4v) is 3.48. The van der Waals surface area contributed by atoms with Gasteiger partial charge < -0.3 is 5.32 Å². The molecular formula is C14H19BrN2O3S. The molecule has 21 heavy (non-hydrogen) atoms. The molecule has 1 saturated carbocycles. The van der Waals surface area contributed by atoms with Crippen molar-refractivity contribution in [1.82, 2.24) is 10.0 Å².